The molecule has 7 heteroatoms. The number of nitrogens with one attached hydrogen (secondary N) is 2. The van der Waals surface area contributed by atoms with Gasteiger partial charge in [-0.15, -0.1) is 0 Å². The molecule has 120 valence electrons. The molecule has 2 fully saturated rings. The summed E-state index contributed by atoms with van der Waals surface area (Å²) in [5, 5.41) is 2.76. The van der Waals surface area contributed by atoms with E-state index in [9.17, 15) is 9.59 Å². The summed E-state index contributed by atoms with van der Waals surface area (Å²) in [6.45, 7) is 2.25. The van der Waals surface area contributed by atoms with Gasteiger partial charge < -0.3 is 19.9 Å². The molecule has 2 amide bonds. The number of imidazole rings is 1. The van der Waals surface area contributed by atoms with Crippen molar-refractivity contribution in [3.63, 3.8) is 0 Å². The molecule has 2 N–H and O–H groups in total. The van der Waals surface area contributed by atoms with E-state index in [0.717, 1.165) is 5.69 Å². The summed E-state index contributed by atoms with van der Waals surface area (Å²) in [5.41, 5.74) is 0.478. The molecular formula is C15H22N4O3. The Bertz CT molecular complexity index is 545. The minimum Gasteiger partial charge on any atom is -0.381 e. The van der Waals surface area contributed by atoms with Crippen LogP contribution in [0, 0.1) is 11.3 Å². The van der Waals surface area contributed by atoms with E-state index in [1.54, 1.807) is 19.6 Å². The lowest BCUT2D eigenvalue weighted by Gasteiger charge is -2.36. The summed E-state index contributed by atoms with van der Waals surface area (Å²) in [6.07, 6.45) is 5.10. The Morgan fingerprint density at radius 2 is 2.45 bits per heavy atom. The van der Waals surface area contributed by atoms with Crippen molar-refractivity contribution in [2.24, 2.45) is 11.3 Å². The lowest BCUT2D eigenvalue weighted by atomic mass is 9.73. The average Bonchev–Trinajstić information content (AvgIpc) is 3.19. The van der Waals surface area contributed by atoms with Crippen LogP contribution in [0.2, 0.25) is 0 Å². The van der Waals surface area contributed by atoms with Crippen molar-refractivity contribution in [2.75, 3.05) is 33.4 Å². The largest absolute Gasteiger partial charge is 0.381 e. The van der Waals surface area contributed by atoms with E-state index >= 15 is 0 Å². The summed E-state index contributed by atoms with van der Waals surface area (Å²) < 4.78 is 5.52. The van der Waals surface area contributed by atoms with Gasteiger partial charge in [-0.3, -0.25) is 9.59 Å². The van der Waals surface area contributed by atoms with E-state index in [4.69, 9.17) is 4.74 Å². The van der Waals surface area contributed by atoms with Crippen LogP contribution in [0.5, 0.6) is 0 Å². The highest BCUT2D eigenvalue weighted by Gasteiger charge is 2.54. The van der Waals surface area contributed by atoms with Gasteiger partial charge in [0, 0.05) is 51.0 Å². The molecule has 0 aromatic carbocycles. The zero-order chi connectivity index (χ0) is 15.6. The molecule has 2 aliphatic heterocycles. The monoisotopic (exact) mass is 306 g/mol. The molecule has 0 radical (unpaired) electrons. The molecule has 0 bridgehead atoms. The number of hydrogen-bond acceptors (Lipinski definition) is 4. The summed E-state index contributed by atoms with van der Waals surface area (Å²) in [4.78, 5) is 33.6. The third-order valence-corrected chi connectivity index (χ3v) is 4.90. The van der Waals surface area contributed by atoms with Crippen molar-refractivity contribution >= 4 is 11.8 Å². The Labute approximate surface area is 129 Å². The van der Waals surface area contributed by atoms with Gasteiger partial charge in [-0.25, -0.2) is 4.98 Å². The zero-order valence-electron chi connectivity index (χ0n) is 12.8. The second-order valence-electron chi connectivity index (χ2n) is 6.11. The SMILES string of the molecule is CNC(=O)[C@]12CCOC[C@H]1CN(C(=O)CCc1cnc[nH]1)C2. The number of carbonyl (C=O) groups excluding carboxylic acids is 2. The van der Waals surface area contributed by atoms with Crippen molar-refractivity contribution in [1.82, 2.24) is 20.2 Å². The first-order valence-electron chi connectivity index (χ1n) is 7.70. The summed E-state index contributed by atoms with van der Waals surface area (Å²) in [7, 11) is 1.66. The van der Waals surface area contributed by atoms with Crippen molar-refractivity contribution in [1.29, 1.82) is 0 Å². The molecule has 1 aromatic rings. The van der Waals surface area contributed by atoms with Gasteiger partial charge in [0.2, 0.25) is 11.8 Å². The van der Waals surface area contributed by atoms with E-state index in [2.05, 4.69) is 15.3 Å². The van der Waals surface area contributed by atoms with E-state index in [1.807, 2.05) is 4.90 Å². The molecule has 0 saturated carbocycles. The molecule has 0 unspecified atom stereocenters. The van der Waals surface area contributed by atoms with Crippen LogP contribution in [-0.4, -0.2) is 60.0 Å². The molecule has 2 aliphatic rings. The summed E-state index contributed by atoms with van der Waals surface area (Å²) >= 11 is 0. The number of H-pyrrole nitrogens is 1. The van der Waals surface area contributed by atoms with Crippen LogP contribution in [0.3, 0.4) is 0 Å². The molecule has 0 aliphatic carbocycles. The van der Waals surface area contributed by atoms with Crippen LogP contribution in [0.4, 0.5) is 0 Å². The Morgan fingerprint density at radius 3 is 3.18 bits per heavy atom. The van der Waals surface area contributed by atoms with Gasteiger partial charge in [0.1, 0.15) is 0 Å². The Morgan fingerprint density at radius 1 is 1.59 bits per heavy atom. The molecule has 2 atom stereocenters. The van der Waals surface area contributed by atoms with Crippen LogP contribution in [0.15, 0.2) is 12.5 Å². The van der Waals surface area contributed by atoms with Gasteiger partial charge in [0.15, 0.2) is 0 Å². The highest BCUT2D eigenvalue weighted by molar-refractivity contribution is 5.85. The molecule has 0 spiro atoms. The predicted octanol–water partition coefficient (Wildman–Crippen LogP) is -0.0466. The maximum atomic E-state index is 12.5. The summed E-state index contributed by atoms with van der Waals surface area (Å²) in [6, 6.07) is 0. The first kappa shape index (κ1) is 15.0. The number of likely N-dealkylation sites (tertiary alicyclic amines) is 1. The number of aromatic nitrogens is 2. The van der Waals surface area contributed by atoms with Gasteiger partial charge in [0.25, 0.3) is 0 Å². The second-order valence-corrected chi connectivity index (χ2v) is 6.11. The second kappa shape index (κ2) is 6.08. The lowest BCUT2D eigenvalue weighted by molar-refractivity contribution is -0.139. The van der Waals surface area contributed by atoms with Gasteiger partial charge in [-0.1, -0.05) is 0 Å². The summed E-state index contributed by atoms with van der Waals surface area (Å²) in [5.74, 6) is 0.217. The molecular weight excluding hydrogens is 284 g/mol. The fraction of sp³-hybridized carbons (Fsp3) is 0.667. The van der Waals surface area contributed by atoms with Gasteiger partial charge >= 0.3 is 0 Å². The van der Waals surface area contributed by atoms with E-state index in [-0.39, 0.29) is 17.7 Å². The van der Waals surface area contributed by atoms with Gasteiger partial charge in [-0.05, 0) is 12.8 Å². The average molecular weight is 306 g/mol. The molecule has 2 saturated heterocycles. The van der Waals surface area contributed by atoms with Crippen molar-refractivity contribution in [3.8, 4) is 0 Å². The van der Waals surface area contributed by atoms with Crippen molar-refractivity contribution < 1.29 is 14.3 Å². The number of rotatable bonds is 4. The van der Waals surface area contributed by atoms with Gasteiger partial charge in [-0.2, -0.15) is 0 Å². The van der Waals surface area contributed by atoms with Crippen LogP contribution in [-0.2, 0) is 20.7 Å². The molecule has 1 aromatic heterocycles. The highest BCUT2D eigenvalue weighted by Crippen LogP contribution is 2.42. The maximum Gasteiger partial charge on any atom is 0.228 e. The first-order valence-corrected chi connectivity index (χ1v) is 7.70. The standard InChI is InChI=1S/C15H22N4O3/c1-16-14(21)15-4-5-22-8-11(15)7-19(9-15)13(20)3-2-12-6-17-10-18-12/h6,10-11H,2-5,7-9H2,1H3,(H,16,21)(H,17,18)/t11-,15+/m1/s1. The number of amides is 2. The lowest BCUT2D eigenvalue weighted by Crippen LogP contribution is -2.49. The fourth-order valence-electron chi connectivity index (χ4n) is 3.58. The Balaban J connectivity index is 1.66. The third kappa shape index (κ3) is 2.61. The van der Waals surface area contributed by atoms with Crippen LogP contribution in [0.25, 0.3) is 0 Å². The Hall–Kier alpha value is -1.89. The first-order chi connectivity index (χ1) is 10.7. The number of carbonyl (C=O) groups is 2. The maximum absolute atomic E-state index is 12.5. The van der Waals surface area contributed by atoms with E-state index in [0.29, 0.717) is 45.6 Å². The zero-order valence-corrected chi connectivity index (χ0v) is 12.8. The van der Waals surface area contributed by atoms with Gasteiger partial charge in [0.05, 0.1) is 18.3 Å². The van der Waals surface area contributed by atoms with E-state index in [1.165, 1.54) is 0 Å². The molecule has 3 rings (SSSR count). The smallest absolute Gasteiger partial charge is 0.228 e. The van der Waals surface area contributed by atoms with Crippen molar-refractivity contribution in [3.05, 3.63) is 18.2 Å². The molecule has 22 heavy (non-hydrogen) atoms. The topological polar surface area (TPSA) is 87.3 Å². The Kier molecular flexibility index (Phi) is 4.15. The number of aromatic amines is 1. The van der Waals surface area contributed by atoms with Crippen LogP contribution >= 0.6 is 0 Å². The van der Waals surface area contributed by atoms with Crippen LogP contribution < -0.4 is 5.32 Å². The fourth-order valence-corrected chi connectivity index (χ4v) is 3.58. The van der Waals surface area contributed by atoms with E-state index < -0.39 is 5.41 Å². The number of hydrogen-bond donors (Lipinski definition) is 2. The molecule has 7 nitrogen and oxygen atoms in total. The minimum atomic E-state index is -0.476. The highest BCUT2D eigenvalue weighted by atomic mass is 16.5. The number of ether oxygens (including phenoxy) is 1. The molecule has 3 heterocycles. The number of nitrogens with zero attached hydrogens (tertiary/aromatic N) is 2. The number of fused-ring (bicyclic) bond motifs is 1. The predicted molar refractivity (Wildman–Crippen MR) is 78.9 cm³/mol. The number of aryl methyl sites for hydroxylation is 1. The van der Waals surface area contributed by atoms with Crippen molar-refractivity contribution in [2.45, 2.75) is 19.3 Å². The third-order valence-electron chi connectivity index (χ3n) is 4.90. The normalized spacial score (nSPS) is 27.5. The van der Waals surface area contributed by atoms with Crippen LogP contribution in [0.1, 0.15) is 18.5 Å². The minimum absolute atomic E-state index is 0.0321. The quantitative estimate of drug-likeness (QED) is 0.817.